The Labute approximate surface area is 142 Å². The van der Waals surface area contributed by atoms with Crippen LogP contribution < -0.4 is 10.1 Å². The zero-order valence-corrected chi connectivity index (χ0v) is 13.8. The highest BCUT2D eigenvalue weighted by Gasteiger charge is 1.99. The van der Waals surface area contributed by atoms with Gasteiger partial charge in [-0.3, -0.25) is 4.79 Å². The minimum absolute atomic E-state index is 0.240. The number of ether oxygens (including phenoxy) is 1. The van der Waals surface area contributed by atoms with E-state index in [1.807, 2.05) is 12.1 Å². The Morgan fingerprint density at radius 2 is 1.79 bits per heavy atom. The molecule has 24 heavy (non-hydrogen) atoms. The highest BCUT2D eigenvalue weighted by atomic mass is 19.1. The van der Waals surface area contributed by atoms with Crippen molar-refractivity contribution in [1.82, 2.24) is 0 Å². The van der Waals surface area contributed by atoms with Crippen LogP contribution in [0.5, 0.6) is 5.75 Å². The van der Waals surface area contributed by atoms with Crippen molar-refractivity contribution in [1.29, 1.82) is 0 Å². The van der Waals surface area contributed by atoms with Crippen LogP contribution in [0.3, 0.4) is 0 Å². The van der Waals surface area contributed by atoms with E-state index >= 15 is 0 Å². The Morgan fingerprint density at radius 3 is 2.46 bits per heavy atom. The van der Waals surface area contributed by atoms with E-state index in [0.717, 1.165) is 24.2 Å². The molecular weight excluding hydrogens is 305 g/mol. The number of rotatable bonds is 8. The summed E-state index contributed by atoms with van der Waals surface area (Å²) in [5.74, 6) is 0.260. The van der Waals surface area contributed by atoms with Gasteiger partial charge in [-0.25, -0.2) is 4.39 Å². The van der Waals surface area contributed by atoms with Crippen LogP contribution in [0.1, 0.15) is 31.7 Å². The summed E-state index contributed by atoms with van der Waals surface area (Å²) >= 11 is 0. The van der Waals surface area contributed by atoms with Crippen LogP contribution in [0.2, 0.25) is 0 Å². The molecule has 0 aliphatic heterocycles. The lowest BCUT2D eigenvalue weighted by Gasteiger charge is -2.07. The first-order valence-electron chi connectivity index (χ1n) is 8.15. The molecule has 2 aromatic carbocycles. The van der Waals surface area contributed by atoms with Crippen LogP contribution in [0, 0.1) is 5.82 Å². The van der Waals surface area contributed by atoms with Crippen LogP contribution in [-0.4, -0.2) is 12.5 Å². The van der Waals surface area contributed by atoms with Gasteiger partial charge >= 0.3 is 0 Å². The average molecular weight is 327 g/mol. The summed E-state index contributed by atoms with van der Waals surface area (Å²) in [6.07, 6.45) is 6.43. The van der Waals surface area contributed by atoms with Gasteiger partial charge in [-0.05, 0) is 54.5 Å². The maximum atomic E-state index is 12.8. The molecule has 0 radical (unpaired) electrons. The molecule has 4 heteroatoms. The van der Waals surface area contributed by atoms with E-state index in [0.29, 0.717) is 12.3 Å². The van der Waals surface area contributed by atoms with E-state index in [4.69, 9.17) is 4.74 Å². The average Bonchev–Trinajstić information content (AvgIpc) is 2.60. The molecule has 0 bridgehead atoms. The normalized spacial score (nSPS) is 10.8. The molecule has 0 aliphatic carbocycles. The molecule has 0 fully saturated rings. The maximum Gasteiger partial charge on any atom is 0.248 e. The topological polar surface area (TPSA) is 38.3 Å². The fraction of sp³-hybridized carbons (Fsp3) is 0.250. The lowest BCUT2D eigenvalue weighted by molar-refractivity contribution is -0.111. The Bertz CT molecular complexity index is 663. The van der Waals surface area contributed by atoms with Crippen molar-refractivity contribution in [2.75, 3.05) is 11.9 Å². The number of nitrogens with one attached hydrogen (secondary N) is 1. The Morgan fingerprint density at radius 1 is 1.08 bits per heavy atom. The number of benzene rings is 2. The van der Waals surface area contributed by atoms with Gasteiger partial charge in [-0.2, -0.15) is 0 Å². The van der Waals surface area contributed by atoms with Gasteiger partial charge in [0.15, 0.2) is 0 Å². The molecule has 2 aromatic rings. The predicted octanol–water partition coefficient (Wildman–Crippen LogP) is 5.05. The summed E-state index contributed by atoms with van der Waals surface area (Å²) in [5.41, 5.74) is 1.46. The van der Waals surface area contributed by atoms with Crippen molar-refractivity contribution in [2.45, 2.75) is 26.2 Å². The monoisotopic (exact) mass is 327 g/mol. The smallest absolute Gasteiger partial charge is 0.248 e. The van der Waals surface area contributed by atoms with E-state index in [9.17, 15) is 9.18 Å². The summed E-state index contributed by atoms with van der Waals surface area (Å²) < 4.78 is 18.4. The number of carbonyl (C=O) groups excluding carboxylic acids is 1. The molecule has 0 heterocycles. The molecule has 0 atom stereocenters. The molecule has 126 valence electrons. The second-order valence-corrected chi connectivity index (χ2v) is 5.45. The molecule has 0 saturated carbocycles. The van der Waals surface area contributed by atoms with Gasteiger partial charge in [0.1, 0.15) is 11.6 Å². The van der Waals surface area contributed by atoms with Crippen molar-refractivity contribution < 1.29 is 13.9 Å². The Balaban J connectivity index is 1.82. The number of anilines is 1. The molecule has 0 aliphatic rings. The van der Waals surface area contributed by atoms with Crippen LogP contribution in [0.25, 0.3) is 6.08 Å². The van der Waals surface area contributed by atoms with Gasteiger partial charge in [-0.15, -0.1) is 0 Å². The lowest BCUT2D eigenvalue weighted by Crippen LogP contribution is -2.07. The van der Waals surface area contributed by atoms with Crippen molar-refractivity contribution in [3.8, 4) is 5.75 Å². The molecule has 1 amide bonds. The molecule has 0 spiro atoms. The van der Waals surface area contributed by atoms with Crippen LogP contribution in [0.4, 0.5) is 10.1 Å². The Hall–Kier alpha value is -2.62. The first-order chi connectivity index (χ1) is 11.7. The lowest BCUT2D eigenvalue weighted by atomic mass is 10.2. The van der Waals surface area contributed by atoms with E-state index in [1.54, 1.807) is 30.3 Å². The van der Waals surface area contributed by atoms with Crippen molar-refractivity contribution in [3.63, 3.8) is 0 Å². The van der Waals surface area contributed by atoms with E-state index in [2.05, 4.69) is 12.2 Å². The van der Waals surface area contributed by atoms with Crippen LogP contribution >= 0.6 is 0 Å². The number of hydrogen-bond donors (Lipinski definition) is 1. The molecule has 1 N–H and O–H groups in total. The second kappa shape index (κ2) is 9.50. The number of hydrogen-bond acceptors (Lipinski definition) is 2. The van der Waals surface area contributed by atoms with E-state index in [-0.39, 0.29) is 11.7 Å². The van der Waals surface area contributed by atoms with Gasteiger partial charge in [0.2, 0.25) is 5.91 Å². The van der Waals surface area contributed by atoms with Gasteiger partial charge in [0, 0.05) is 11.8 Å². The van der Waals surface area contributed by atoms with E-state index in [1.165, 1.54) is 24.6 Å². The van der Waals surface area contributed by atoms with Crippen molar-refractivity contribution in [2.24, 2.45) is 0 Å². The fourth-order valence-corrected chi connectivity index (χ4v) is 2.11. The second-order valence-electron chi connectivity index (χ2n) is 5.45. The zero-order valence-electron chi connectivity index (χ0n) is 13.8. The van der Waals surface area contributed by atoms with Crippen LogP contribution in [-0.2, 0) is 4.79 Å². The highest BCUT2D eigenvalue weighted by Crippen LogP contribution is 2.16. The molecule has 0 aromatic heterocycles. The third-order valence-corrected chi connectivity index (χ3v) is 3.44. The zero-order chi connectivity index (χ0) is 17.2. The molecule has 2 rings (SSSR count). The largest absolute Gasteiger partial charge is 0.494 e. The van der Waals surface area contributed by atoms with Gasteiger partial charge in [0.05, 0.1) is 6.61 Å². The first-order valence-corrected chi connectivity index (χ1v) is 8.15. The van der Waals surface area contributed by atoms with Crippen molar-refractivity contribution in [3.05, 3.63) is 66.0 Å². The molecular formula is C20H22FNO2. The summed E-state index contributed by atoms with van der Waals surface area (Å²) in [6.45, 7) is 2.86. The SMILES string of the molecule is CCCCCOc1ccc(NC(=O)C=Cc2ccc(F)cc2)cc1. The number of unbranched alkanes of at least 4 members (excludes halogenated alkanes) is 2. The molecule has 3 nitrogen and oxygen atoms in total. The Kier molecular flexibility index (Phi) is 7.02. The third kappa shape index (κ3) is 6.24. The van der Waals surface area contributed by atoms with Crippen molar-refractivity contribution >= 4 is 17.7 Å². The van der Waals surface area contributed by atoms with E-state index < -0.39 is 0 Å². The van der Waals surface area contributed by atoms with Crippen LogP contribution in [0.15, 0.2) is 54.6 Å². The quantitative estimate of drug-likeness (QED) is 0.544. The number of carbonyl (C=O) groups is 1. The first kappa shape index (κ1) is 17.7. The summed E-state index contributed by atoms with van der Waals surface area (Å²) in [7, 11) is 0. The predicted molar refractivity (Wildman–Crippen MR) is 95.5 cm³/mol. The fourth-order valence-electron chi connectivity index (χ4n) is 2.11. The van der Waals surface area contributed by atoms with Gasteiger partial charge < -0.3 is 10.1 Å². The maximum absolute atomic E-state index is 12.8. The summed E-state index contributed by atoms with van der Waals surface area (Å²) in [6, 6.07) is 13.2. The third-order valence-electron chi connectivity index (χ3n) is 3.44. The molecule has 0 saturated heterocycles. The molecule has 0 unspecified atom stereocenters. The minimum Gasteiger partial charge on any atom is -0.494 e. The number of halogens is 1. The number of amides is 1. The standard InChI is InChI=1S/C20H22FNO2/c1-2-3-4-15-24-19-12-10-18(11-13-19)22-20(23)14-7-16-5-8-17(21)9-6-16/h5-14H,2-4,15H2,1H3,(H,22,23). The summed E-state index contributed by atoms with van der Waals surface area (Å²) in [5, 5.41) is 2.77. The summed E-state index contributed by atoms with van der Waals surface area (Å²) in [4.78, 5) is 11.9. The van der Waals surface area contributed by atoms with Gasteiger partial charge in [-0.1, -0.05) is 31.9 Å². The minimum atomic E-state index is -0.298. The van der Waals surface area contributed by atoms with Gasteiger partial charge in [0.25, 0.3) is 0 Å². The highest BCUT2D eigenvalue weighted by molar-refractivity contribution is 6.01.